The molecule has 130 valence electrons. The van der Waals surface area contributed by atoms with Crippen LogP contribution in [0, 0.1) is 0 Å². The predicted molar refractivity (Wildman–Crippen MR) is 92.9 cm³/mol. The van der Waals surface area contributed by atoms with Crippen molar-refractivity contribution in [3.05, 3.63) is 57.6 Å². The molecule has 1 heterocycles. The van der Waals surface area contributed by atoms with Crippen molar-refractivity contribution in [3.63, 3.8) is 0 Å². The summed E-state index contributed by atoms with van der Waals surface area (Å²) in [6.45, 7) is 0.552. The Labute approximate surface area is 154 Å². The normalized spacial score (nSPS) is 12.6. The van der Waals surface area contributed by atoms with Crippen LogP contribution in [0.15, 0.2) is 36.4 Å². The van der Waals surface area contributed by atoms with Gasteiger partial charge in [0.15, 0.2) is 23.9 Å². The van der Waals surface area contributed by atoms with Crippen LogP contribution in [0.5, 0.6) is 11.5 Å². The zero-order valence-corrected chi connectivity index (χ0v) is 14.6. The molecular formula is C18H14Cl2O5. The number of ether oxygens (including phenoxy) is 3. The minimum atomic E-state index is -0.546. The molecule has 0 spiro atoms. The van der Waals surface area contributed by atoms with Crippen molar-refractivity contribution >= 4 is 35.0 Å². The van der Waals surface area contributed by atoms with Gasteiger partial charge in [-0.25, -0.2) is 0 Å². The van der Waals surface area contributed by atoms with E-state index in [-0.39, 0.29) is 18.8 Å². The monoisotopic (exact) mass is 380 g/mol. The Kier molecular flexibility index (Phi) is 5.46. The van der Waals surface area contributed by atoms with Gasteiger partial charge < -0.3 is 14.2 Å². The molecule has 0 unspecified atom stereocenters. The van der Waals surface area contributed by atoms with E-state index >= 15 is 0 Å². The first-order chi connectivity index (χ1) is 12.0. The van der Waals surface area contributed by atoms with E-state index in [0.717, 1.165) is 0 Å². The van der Waals surface area contributed by atoms with Gasteiger partial charge in [0.1, 0.15) is 13.2 Å². The molecule has 2 aromatic rings. The lowest BCUT2D eigenvalue weighted by Crippen LogP contribution is -2.18. The molecule has 0 saturated heterocycles. The van der Waals surface area contributed by atoms with E-state index in [1.807, 2.05) is 0 Å². The smallest absolute Gasteiger partial charge is 0.310 e. The number of halogens is 2. The maximum atomic E-state index is 12.2. The van der Waals surface area contributed by atoms with Crippen LogP contribution in [0.25, 0.3) is 0 Å². The molecule has 0 radical (unpaired) electrons. The molecule has 0 N–H and O–H groups in total. The average molecular weight is 381 g/mol. The van der Waals surface area contributed by atoms with Crippen LogP contribution in [-0.4, -0.2) is 31.6 Å². The first-order valence-electron chi connectivity index (χ1n) is 7.55. The minimum Gasteiger partial charge on any atom is -0.486 e. The van der Waals surface area contributed by atoms with Gasteiger partial charge in [-0.05, 0) is 35.9 Å². The molecular weight excluding hydrogens is 367 g/mol. The summed E-state index contributed by atoms with van der Waals surface area (Å²) in [7, 11) is 0. The second-order valence-electron chi connectivity index (χ2n) is 5.35. The lowest BCUT2D eigenvalue weighted by atomic mass is 10.1. The Hall–Kier alpha value is -2.24. The molecule has 2 aromatic carbocycles. The van der Waals surface area contributed by atoms with Gasteiger partial charge in [0.05, 0.1) is 6.42 Å². The number of carbonyl (C=O) groups is 2. The van der Waals surface area contributed by atoms with Crippen LogP contribution >= 0.6 is 23.2 Å². The third kappa shape index (κ3) is 4.44. The summed E-state index contributed by atoms with van der Waals surface area (Å²) in [6.07, 6.45) is -0.0373. The second kappa shape index (κ2) is 7.76. The zero-order chi connectivity index (χ0) is 17.8. The number of carbonyl (C=O) groups excluding carboxylic acids is 2. The fraction of sp³-hybridized carbons (Fsp3) is 0.222. The third-order valence-electron chi connectivity index (χ3n) is 3.58. The number of esters is 1. The van der Waals surface area contributed by atoms with Crippen LogP contribution in [0.4, 0.5) is 0 Å². The summed E-state index contributed by atoms with van der Waals surface area (Å²) in [5.74, 6) is 0.233. The number of ketones is 1. The number of benzene rings is 2. The molecule has 1 aliphatic rings. The summed E-state index contributed by atoms with van der Waals surface area (Å²) >= 11 is 11.8. The Morgan fingerprint density at radius 2 is 1.76 bits per heavy atom. The van der Waals surface area contributed by atoms with Crippen LogP contribution < -0.4 is 9.47 Å². The average Bonchev–Trinajstić information content (AvgIpc) is 2.61. The number of Topliss-reactive ketones (excluding diaryl/α,β-unsaturated/α-hetero) is 1. The molecule has 3 rings (SSSR count). The maximum absolute atomic E-state index is 12.2. The summed E-state index contributed by atoms with van der Waals surface area (Å²) < 4.78 is 15.9. The molecule has 5 nitrogen and oxygen atoms in total. The molecule has 0 aromatic heterocycles. The van der Waals surface area contributed by atoms with Gasteiger partial charge in [0.2, 0.25) is 0 Å². The first-order valence-corrected chi connectivity index (χ1v) is 8.31. The van der Waals surface area contributed by atoms with Crippen molar-refractivity contribution in [2.75, 3.05) is 19.8 Å². The Bertz CT molecular complexity index is 819. The van der Waals surface area contributed by atoms with Gasteiger partial charge in [0.25, 0.3) is 0 Å². The highest BCUT2D eigenvalue weighted by Gasteiger charge is 2.16. The molecule has 0 atom stereocenters. The Morgan fingerprint density at radius 1 is 1.00 bits per heavy atom. The largest absolute Gasteiger partial charge is 0.486 e. The first kappa shape index (κ1) is 17.6. The van der Waals surface area contributed by atoms with Gasteiger partial charge in [-0.15, -0.1) is 0 Å². The van der Waals surface area contributed by atoms with E-state index in [9.17, 15) is 9.59 Å². The highest BCUT2D eigenvalue weighted by molar-refractivity contribution is 6.35. The molecule has 7 heteroatoms. The van der Waals surface area contributed by atoms with E-state index in [1.54, 1.807) is 36.4 Å². The molecule has 0 aliphatic carbocycles. The maximum Gasteiger partial charge on any atom is 0.310 e. The standard InChI is InChI=1S/C18H14Cl2O5/c19-13-3-1-11(14(20)9-13)8-18(22)25-10-15(21)12-2-4-16-17(7-12)24-6-5-23-16/h1-4,7,9H,5-6,8,10H2. The van der Waals surface area contributed by atoms with Crippen LogP contribution in [0.1, 0.15) is 15.9 Å². The summed E-state index contributed by atoms with van der Waals surface area (Å²) in [5.41, 5.74) is 0.976. The molecule has 0 bridgehead atoms. The molecule has 25 heavy (non-hydrogen) atoms. The van der Waals surface area contributed by atoms with Gasteiger partial charge in [0, 0.05) is 15.6 Å². The molecule has 0 saturated carbocycles. The zero-order valence-electron chi connectivity index (χ0n) is 13.1. The van der Waals surface area contributed by atoms with Gasteiger partial charge in [-0.1, -0.05) is 29.3 Å². The molecule has 0 fully saturated rings. The Morgan fingerprint density at radius 3 is 2.52 bits per heavy atom. The van der Waals surface area contributed by atoms with Gasteiger partial charge in [-0.3, -0.25) is 9.59 Å². The summed E-state index contributed by atoms with van der Waals surface area (Å²) in [4.78, 5) is 24.1. The van der Waals surface area contributed by atoms with Crippen molar-refractivity contribution < 1.29 is 23.8 Å². The van der Waals surface area contributed by atoms with Crippen LogP contribution in [0.2, 0.25) is 10.0 Å². The van der Waals surface area contributed by atoms with Crippen molar-refractivity contribution in [1.29, 1.82) is 0 Å². The van der Waals surface area contributed by atoms with Crippen LogP contribution in [0.3, 0.4) is 0 Å². The van der Waals surface area contributed by atoms with E-state index in [0.29, 0.717) is 45.9 Å². The number of hydrogen-bond donors (Lipinski definition) is 0. The topological polar surface area (TPSA) is 61.8 Å². The highest BCUT2D eigenvalue weighted by atomic mass is 35.5. The molecule has 0 amide bonds. The lowest BCUT2D eigenvalue weighted by molar-refractivity contribution is -0.141. The number of hydrogen-bond acceptors (Lipinski definition) is 5. The van der Waals surface area contributed by atoms with E-state index < -0.39 is 5.97 Å². The number of fused-ring (bicyclic) bond motifs is 1. The van der Waals surface area contributed by atoms with E-state index in [2.05, 4.69) is 0 Å². The SMILES string of the molecule is O=C(Cc1ccc(Cl)cc1Cl)OCC(=O)c1ccc2c(c1)OCCO2. The Balaban J connectivity index is 1.57. The lowest BCUT2D eigenvalue weighted by Gasteiger charge is -2.18. The van der Waals surface area contributed by atoms with E-state index in [1.165, 1.54) is 0 Å². The number of rotatable bonds is 5. The summed E-state index contributed by atoms with van der Waals surface area (Å²) in [6, 6.07) is 9.69. The van der Waals surface area contributed by atoms with Crippen molar-refractivity contribution in [1.82, 2.24) is 0 Å². The quantitative estimate of drug-likeness (QED) is 0.584. The molecule has 1 aliphatic heterocycles. The third-order valence-corrected chi connectivity index (χ3v) is 4.17. The second-order valence-corrected chi connectivity index (χ2v) is 6.20. The van der Waals surface area contributed by atoms with Crippen molar-refractivity contribution in [3.8, 4) is 11.5 Å². The van der Waals surface area contributed by atoms with Crippen LogP contribution in [-0.2, 0) is 16.0 Å². The van der Waals surface area contributed by atoms with E-state index in [4.69, 9.17) is 37.4 Å². The minimum absolute atomic E-state index is 0.0373. The van der Waals surface area contributed by atoms with Crippen molar-refractivity contribution in [2.24, 2.45) is 0 Å². The fourth-order valence-electron chi connectivity index (χ4n) is 2.32. The van der Waals surface area contributed by atoms with Crippen molar-refractivity contribution in [2.45, 2.75) is 6.42 Å². The predicted octanol–water partition coefficient (Wildman–Crippen LogP) is 3.73. The van der Waals surface area contributed by atoms with Gasteiger partial charge in [-0.2, -0.15) is 0 Å². The highest BCUT2D eigenvalue weighted by Crippen LogP contribution is 2.30. The fourth-order valence-corrected chi connectivity index (χ4v) is 2.79. The van der Waals surface area contributed by atoms with Gasteiger partial charge >= 0.3 is 5.97 Å². The summed E-state index contributed by atoms with van der Waals surface area (Å²) in [5, 5.41) is 0.860.